The fraction of sp³-hybridized carbons (Fsp3) is 0.788. The van der Waals surface area contributed by atoms with Gasteiger partial charge in [0.25, 0.3) is 0 Å². The zero-order valence-corrected chi connectivity index (χ0v) is 26.0. The van der Waals surface area contributed by atoms with E-state index < -0.39 is 13.2 Å². The molecule has 0 radical (unpaired) electrons. The van der Waals surface area contributed by atoms with Crippen LogP contribution in [-0.4, -0.2) is 34.7 Å². The molecule has 0 fully saturated rings. The van der Waals surface area contributed by atoms with Gasteiger partial charge in [-0.25, -0.2) is 0 Å². The van der Waals surface area contributed by atoms with Crippen molar-refractivity contribution < 1.29 is 15.0 Å². The fourth-order valence-electron chi connectivity index (χ4n) is 6.05. The number of hydrogen-bond donors (Lipinski definition) is 2. The molecule has 0 aliphatic heterocycles. The molecule has 0 unspecified atom stereocenters. The molecule has 2 N–H and O–H groups in total. The molecule has 0 aliphatic carbocycles. The van der Waals surface area contributed by atoms with E-state index in [4.69, 9.17) is 0 Å². The van der Waals surface area contributed by atoms with Crippen molar-refractivity contribution in [2.24, 2.45) is 0 Å². The maximum atomic E-state index is 11.6. The van der Waals surface area contributed by atoms with Crippen molar-refractivity contribution in [1.29, 1.82) is 0 Å². The molecule has 216 valence electrons. The molecule has 37 heavy (non-hydrogen) atoms. The van der Waals surface area contributed by atoms with Crippen LogP contribution in [0.3, 0.4) is 0 Å². The van der Waals surface area contributed by atoms with Crippen LogP contribution in [0.4, 0.5) is 0 Å². The van der Waals surface area contributed by atoms with Gasteiger partial charge >= 0.3 is 231 Å². The minimum atomic E-state index is -1.98. The molecule has 1 rings (SSSR count). The van der Waals surface area contributed by atoms with Gasteiger partial charge in [0.15, 0.2) is 0 Å². The molecule has 0 spiro atoms. The van der Waals surface area contributed by atoms with Crippen LogP contribution in [0.2, 0.25) is 0 Å². The average Bonchev–Trinajstić information content (AvgIpc) is 2.86. The second-order valence-corrected chi connectivity index (χ2v) is 16.3. The first kappa shape index (κ1) is 33.9. The number of benzene rings is 1. The number of phenols is 1. The quantitative estimate of drug-likeness (QED) is 0.102. The molecule has 0 saturated heterocycles. The third kappa shape index (κ3) is 14.0. The Morgan fingerprint density at radius 3 is 1.41 bits per heavy atom. The summed E-state index contributed by atoms with van der Waals surface area (Å²) in [5.74, 6) is -0.310. The Hall–Kier alpha value is -1.08. The van der Waals surface area contributed by atoms with Crippen molar-refractivity contribution in [2.45, 2.75) is 150 Å². The van der Waals surface area contributed by atoms with Crippen LogP contribution in [0.15, 0.2) is 12.1 Å². The fourth-order valence-corrected chi connectivity index (χ4v) is 11.6. The van der Waals surface area contributed by atoms with Crippen molar-refractivity contribution in [2.75, 3.05) is 18.5 Å². The number of unbranched alkanes of at least 4 members (excludes halogenated alkanes) is 15. The zero-order valence-electron chi connectivity index (χ0n) is 25.0. The SMILES string of the molecule is CCCCCCCC[PH](CCCCCCCC)(CCCCCCCC)c1cc(CC(=O)O)cc(C)c1O. The van der Waals surface area contributed by atoms with Crippen LogP contribution in [0.5, 0.6) is 5.75 Å². The number of phenolic OH excluding ortho intramolecular Hbond substituents is 1. The molecule has 1 aromatic carbocycles. The number of aryl methyl sites for hydroxylation is 1. The summed E-state index contributed by atoms with van der Waals surface area (Å²) in [6.07, 6.45) is 27.2. The average molecular weight is 537 g/mol. The van der Waals surface area contributed by atoms with E-state index in [1.807, 2.05) is 13.0 Å². The second-order valence-electron chi connectivity index (χ2n) is 11.7. The topological polar surface area (TPSA) is 57.5 Å². The first-order valence-corrected chi connectivity index (χ1v) is 18.6. The molecule has 0 saturated carbocycles. The van der Waals surface area contributed by atoms with Gasteiger partial charge in [-0.3, -0.25) is 0 Å². The molecule has 3 nitrogen and oxygen atoms in total. The summed E-state index contributed by atoms with van der Waals surface area (Å²) >= 11 is 0. The molecule has 0 atom stereocenters. The molecule has 1 aromatic rings. The van der Waals surface area contributed by atoms with E-state index >= 15 is 0 Å². The summed E-state index contributed by atoms with van der Waals surface area (Å²) in [6.45, 7) is 8.78. The number of carbonyl (C=O) groups is 1. The van der Waals surface area contributed by atoms with Gasteiger partial charge in [-0.15, -0.1) is 0 Å². The number of aromatic hydroxyl groups is 1. The van der Waals surface area contributed by atoms with Gasteiger partial charge in [-0.05, 0) is 0 Å². The number of rotatable bonds is 24. The first-order chi connectivity index (χ1) is 17.9. The van der Waals surface area contributed by atoms with E-state index in [1.54, 1.807) is 0 Å². The van der Waals surface area contributed by atoms with Gasteiger partial charge in [0.2, 0.25) is 0 Å². The third-order valence-corrected chi connectivity index (χ3v) is 13.8. The summed E-state index contributed by atoms with van der Waals surface area (Å²) in [5, 5.41) is 22.1. The second kappa shape index (κ2) is 20.8. The van der Waals surface area contributed by atoms with Crippen LogP contribution in [0.1, 0.15) is 147 Å². The zero-order chi connectivity index (χ0) is 27.4. The van der Waals surface area contributed by atoms with Crippen LogP contribution < -0.4 is 5.30 Å². The van der Waals surface area contributed by atoms with Gasteiger partial charge in [-0.1, -0.05) is 0 Å². The normalized spacial score (nSPS) is 12.2. The Bertz CT molecular complexity index is 690. The van der Waals surface area contributed by atoms with Crippen LogP contribution in [0.25, 0.3) is 0 Å². The van der Waals surface area contributed by atoms with Gasteiger partial charge in [0, 0.05) is 0 Å². The van der Waals surface area contributed by atoms with E-state index in [-0.39, 0.29) is 6.42 Å². The van der Waals surface area contributed by atoms with Gasteiger partial charge < -0.3 is 0 Å². The Morgan fingerprint density at radius 1 is 0.649 bits per heavy atom. The summed E-state index contributed by atoms with van der Waals surface area (Å²) in [5.41, 5.74) is 1.72. The molecule has 4 heteroatoms. The predicted octanol–water partition coefficient (Wildman–Crippen LogP) is 9.78. The van der Waals surface area contributed by atoms with E-state index in [9.17, 15) is 15.0 Å². The van der Waals surface area contributed by atoms with Gasteiger partial charge in [0.1, 0.15) is 0 Å². The summed E-state index contributed by atoms with van der Waals surface area (Å²) in [4.78, 5) is 11.6. The molecule has 0 amide bonds. The first-order valence-electron chi connectivity index (χ1n) is 15.9. The Labute approximate surface area is 230 Å². The minimum absolute atomic E-state index is 0.0453. The number of hydrogen-bond acceptors (Lipinski definition) is 2. The van der Waals surface area contributed by atoms with Crippen LogP contribution in [0, 0.1) is 6.92 Å². The summed E-state index contributed by atoms with van der Waals surface area (Å²) < 4.78 is 0. The number of aliphatic carboxylic acids is 1. The van der Waals surface area contributed by atoms with Crippen molar-refractivity contribution in [3.8, 4) is 5.75 Å². The van der Waals surface area contributed by atoms with E-state index in [0.717, 1.165) is 11.1 Å². The van der Waals surface area contributed by atoms with E-state index in [1.165, 1.54) is 139 Å². The summed E-state index contributed by atoms with van der Waals surface area (Å²) in [7, 11) is -1.98. The maximum absolute atomic E-state index is 11.6. The van der Waals surface area contributed by atoms with Crippen LogP contribution in [-0.2, 0) is 11.2 Å². The molecule has 0 aromatic heterocycles. The van der Waals surface area contributed by atoms with Crippen molar-refractivity contribution in [3.63, 3.8) is 0 Å². The van der Waals surface area contributed by atoms with E-state index in [2.05, 4.69) is 26.8 Å². The Kier molecular flexibility index (Phi) is 19.1. The molecule has 0 bridgehead atoms. The monoisotopic (exact) mass is 536 g/mol. The van der Waals surface area contributed by atoms with Gasteiger partial charge in [0.05, 0.1) is 0 Å². The molecular formula is C33H61O3P. The van der Waals surface area contributed by atoms with Gasteiger partial charge in [-0.2, -0.15) is 0 Å². The van der Waals surface area contributed by atoms with Crippen molar-refractivity contribution >= 4 is 18.5 Å². The van der Waals surface area contributed by atoms with Crippen molar-refractivity contribution in [1.82, 2.24) is 0 Å². The Morgan fingerprint density at radius 2 is 1.03 bits per heavy atom. The number of carboxylic acid groups (broad SMARTS) is 1. The number of carboxylic acids is 1. The molecule has 0 heterocycles. The Balaban J connectivity index is 3.19. The third-order valence-electron chi connectivity index (χ3n) is 8.31. The standard InChI is InChI=1S/C33H61O3P/c1-5-8-11-14-17-20-23-37(24-21-18-15-12-9-6-2,25-22-19-16-13-10-7-3)31-27-30(28-32(34)35)26-29(4)33(31)36/h26-27,36-37H,5-25,28H2,1-4H3,(H,34,35). The van der Waals surface area contributed by atoms with Crippen molar-refractivity contribution in [3.05, 3.63) is 23.3 Å². The van der Waals surface area contributed by atoms with E-state index in [0.29, 0.717) is 5.75 Å². The van der Waals surface area contributed by atoms with Crippen LogP contribution >= 0.6 is 7.26 Å². The summed E-state index contributed by atoms with van der Waals surface area (Å²) in [6, 6.07) is 4.01. The molecule has 0 aliphatic rings. The molecular weight excluding hydrogens is 475 g/mol. The predicted molar refractivity (Wildman–Crippen MR) is 167 cm³/mol.